The van der Waals surface area contributed by atoms with E-state index in [9.17, 15) is 0 Å². The van der Waals surface area contributed by atoms with Crippen molar-refractivity contribution in [2.24, 2.45) is 5.73 Å². The van der Waals surface area contributed by atoms with Gasteiger partial charge in [-0.2, -0.15) is 0 Å². The standard InChI is InChI=1S/C14H26N2OS/c1-12(2)16(10-13-6-5-9-18-13)14(3,11-15)7-8-17-4/h5-6,9,12H,7-8,10-11,15H2,1-4H3. The van der Waals surface area contributed by atoms with Gasteiger partial charge in [0.2, 0.25) is 0 Å². The van der Waals surface area contributed by atoms with Crippen LogP contribution in [0.1, 0.15) is 32.1 Å². The van der Waals surface area contributed by atoms with Crippen LogP contribution in [0.4, 0.5) is 0 Å². The highest BCUT2D eigenvalue weighted by Crippen LogP contribution is 2.25. The maximum Gasteiger partial charge on any atom is 0.0480 e. The highest BCUT2D eigenvalue weighted by atomic mass is 32.1. The molecule has 0 fully saturated rings. The van der Waals surface area contributed by atoms with Gasteiger partial charge in [0.05, 0.1) is 0 Å². The Kier molecular flexibility index (Phi) is 6.29. The molecule has 0 radical (unpaired) electrons. The second-order valence-electron chi connectivity index (χ2n) is 5.24. The van der Waals surface area contributed by atoms with Gasteiger partial charge in [-0.25, -0.2) is 0 Å². The Labute approximate surface area is 115 Å². The minimum absolute atomic E-state index is 0.00579. The summed E-state index contributed by atoms with van der Waals surface area (Å²) < 4.78 is 5.22. The summed E-state index contributed by atoms with van der Waals surface area (Å²) in [5.41, 5.74) is 6.02. The molecular formula is C14H26N2OS. The number of hydrogen-bond donors (Lipinski definition) is 1. The quantitative estimate of drug-likeness (QED) is 0.789. The third-order valence-electron chi connectivity index (χ3n) is 3.51. The summed E-state index contributed by atoms with van der Waals surface area (Å²) in [5, 5.41) is 2.13. The van der Waals surface area contributed by atoms with E-state index < -0.39 is 0 Å². The second kappa shape index (κ2) is 7.24. The van der Waals surface area contributed by atoms with Crippen LogP contribution >= 0.6 is 11.3 Å². The van der Waals surface area contributed by atoms with Crippen molar-refractivity contribution in [3.8, 4) is 0 Å². The maximum absolute atomic E-state index is 6.02. The van der Waals surface area contributed by atoms with Gasteiger partial charge in [-0.3, -0.25) is 4.90 Å². The van der Waals surface area contributed by atoms with Crippen LogP contribution in [-0.4, -0.2) is 36.7 Å². The van der Waals surface area contributed by atoms with Crippen LogP contribution in [0, 0.1) is 0 Å². The number of hydrogen-bond acceptors (Lipinski definition) is 4. The molecule has 0 saturated heterocycles. The molecule has 0 bridgehead atoms. The van der Waals surface area contributed by atoms with Crippen LogP contribution in [0.5, 0.6) is 0 Å². The van der Waals surface area contributed by atoms with E-state index in [1.807, 2.05) is 0 Å². The van der Waals surface area contributed by atoms with Gasteiger partial charge in [-0.05, 0) is 38.6 Å². The molecule has 0 aliphatic heterocycles. The molecule has 1 atom stereocenters. The van der Waals surface area contributed by atoms with Crippen LogP contribution in [-0.2, 0) is 11.3 Å². The summed E-state index contributed by atoms with van der Waals surface area (Å²) in [6.45, 7) is 9.07. The lowest BCUT2D eigenvalue weighted by Crippen LogP contribution is -2.54. The molecule has 1 aromatic rings. The predicted molar refractivity (Wildman–Crippen MR) is 79.0 cm³/mol. The van der Waals surface area contributed by atoms with Crippen LogP contribution in [0.15, 0.2) is 17.5 Å². The van der Waals surface area contributed by atoms with Gasteiger partial charge in [-0.15, -0.1) is 11.3 Å². The van der Waals surface area contributed by atoms with Gasteiger partial charge in [0, 0.05) is 43.3 Å². The first kappa shape index (κ1) is 15.6. The Morgan fingerprint density at radius 1 is 1.50 bits per heavy atom. The number of ether oxygens (including phenoxy) is 1. The molecule has 0 aliphatic carbocycles. The lowest BCUT2D eigenvalue weighted by atomic mass is 9.94. The summed E-state index contributed by atoms with van der Waals surface area (Å²) >= 11 is 1.81. The fourth-order valence-electron chi connectivity index (χ4n) is 2.25. The van der Waals surface area contributed by atoms with Gasteiger partial charge in [0.15, 0.2) is 0 Å². The molecule has 1 unspecified atom stereocenters. The second-order valence-corrected chi connectivity index (χ2v) is 6.28. The van der Waals surface area contributed by atoms with Crippen molar-refractivity contribution < 1.29 is 4.74 Å². The van der Waals surface area contributed by atoms with Crippen LogP contribution < -0.4 is 5.73 Å². The highest BCUT2D eigenvalue weighted by Gasteiger charge is 2.32. The zero-order chi connectivity index (χ0) is 13.6. The number of thiophene rings is 1. The number of nitrogens with zero attached hydrogens (tertiary/aromatic N) is 1. The van der Waals surface area contributed by atoms with Crippen LogP contribution in [0.2, 0.25) is 0 Å². The third kappa shape index (κ3) is 4.05. The fourth-order valence-corrected chi connectivity index (χ4v) is 2.95. The molecule has 3 nitrogen and oxygen atoms in total. The van der Waals surface area contributed by atoms with Crippen molar-refractivity contribution in [2.75, 3.05) is 20.3 Å². The molecule has 0 amide bonds. The van der Waals surface area contributed by atoms with E-state index in [1.165, 1.54) is 4.88 Å². The molecule has 0 aromatic carbocycles. The lowest BCUT2D eigenvalue weighted by molar-refractivity contribution is 0.0383. The van der Waals surface area contributed by atoms with Crippen LogP contribution in [0.3, 0.4) is 0 Å². The first-order valence-corrected chi connectivity index (χ1v) is 7.39. The topological polar surface area (TPSA) is 38.5 Å². The first-order chi connectivity index (χ1) is 8.53. The van der Waals surface area contributed by atoms with Gasteiger partial charge < -0.3 is 10.5 Å². The monoisotopic (exact) mass is 270 g/mol. The average molecular weight is 270 g/mol. The SMILES string of the molecule is COCCC(C)(CN)N(Cc1cccs1)C(C)C. The molecule has 1 heterocycles. The van der Waals surface area contributed by atoms with Crippen molar-refractivity contribution in [1.82, 2.24) is 4.90 Å². The zero-order valence-electron chi connectivity index (χ0n) is 12.0. The molecular weight excluding hydrogens is 244 g/mol. The van der Waals surface area contributed by atoms with Crippen LogP contribution in [0.25, 0.3) is 0 Å². The minimum Gasteiger partial charge on any atom is -0.385 e. The summed E-state index contributed by atoms with van der Waals surface area (Å²) in [4.78, 5) is 3.87. The largest absolute Gasteiger partial charge is 0.385 e. The third-order valence-corrected chi connectivity index (χ3v) is 4.37. The summed E-state index contributed by atoms with van der Waals surface area (Å²) in [7, 11) is 1.75. The molecule has 0 spiro atoms. The van der Waals surface area contributed by atoms with E-state index in [-0.39, 0.29) is 5.54 Å². The van der Waals surface area contributed by atoms with E-state index in [0.29, 0.717) is 12.6 Å². The highest BCUT2D eigenvalue weighted by molar-refractivity contribution is 7.09. The zero-order valence-corrected chi connectivity index (χ0v) is 12.8. The Bertz CT molecular complexity index is 327. The molecule has 4 heteroatoms. The molecule has 0 aliphatic rings. The Morgan fingerprint density at radius 2 is 2.22 bits per heavy atom. The maximum atomic E-state index is 6.02. The predicted octanol–water partition coefficient (Wildman–Crippen LogP) is 2.71. The number of rotatable bonds is 8. The van der Waals surface area contributed by atoms with Gasteiger partial charge in [0.25, 0.3) is 0 Å². The molecule has 1 aromatic heterocycles. The van der Waals surface area contributed by atoms with E-state index in [1.54, 1.807) is 18.4 Å². The summed E-state index contributed by atoms with van der Waals surface area (Å²) in [5.74, 6) is 0. The molecule has 2 N–H and O–H groups in total. The summed E-state index contributed by atoms with van der Waals surface area (Å²) in [6, 6.07) is 4.76. The van der Waals surface area contributed by atoms with E-state index >= 15 is 0 Å². The lowest BCUT2D eigenvalue weighted by Gasteiger charge is -2.43. The molecule has 1 rings (SSSR count). The molecule has 0 saturated carbocycles. The number of nitrogens with two attached hydrogens (primary N) is 1. The van der Waals surface area contributed by atoms with Crippen molar-refractivity contribution in [1.29, 1.82) is 0 Å². The molecule has 104 valence electrons. The van der Waals surface area contributed by atoms with Gasteiger partial charge in [0.1, 0.15) is 0 Å². The normalized spacial score (nSPS) is 15.3. The van der Waals surface area contributed by atoms with E-state index in [4.69, 9.17) is 10.5 Å². The first-order valence-electron chi connectivity index (χ1n) is 6.51. The van der Waals surface area contributed by atoms with Crippen molar-refractivity contribution in [3.05, 3.63) is 22.4 Å². The molecule has 18 heavy (non-hydrogen) atoms. The fraction of sp³-hybridized carbons (Fsp3) is 0.714. The van der Waals surface area contributed by atoms with E-state index in [2.05, 4.69) is 43.2 Å². The van der Waals surface area contributed by atoms with E-state index in [0.717, 1.165) is 19.6 Å². The Balaban J connectivity index is 2.80. The van der Waals surface area contributed by atoms with Crippen molar-refractivity contribution >= 4 is 11.3 Å². The van der Waals surface area contributed by atoms with Crippen molar-refractivity contribution in [3.63, 3.8) is 0 Å². The smallest absolute Gasteiger partial charge is 0.0480 e. The van der Waals surface area contributed by atoms with Gasteiger partial charge >= 0.3 is 0 Å². The minimum atomic E-state index is -0.00579. The van der Waals surface area contributed by atoms with Crippen molar-refractivity contribution in [2.45, 2.75) is 45.3 Å². The summed E-state index contributed by atoms with van der Waals surface area (Å²) in [6.07, 6.45) is 0.962. The Hall–Kier alpha value is -0.420. The van der Waals surface area contributed by atoms with Gasteiger partial charge in [-0.1, -0.05) is 6.07 Å². The number of methoxy groups -OCH3 is 1. The Morgan fingerprint density at radius 3 is 2.67 bits per heavy atom. The average Bonchev–Trinajstić information content (AvgIpc) is 2.85.